The van der Waals surface area contributed by atoms with Crippen LogP contribution in [0.15, 0.2) is 0 Å². The zero-order valence-electron chi connectivity index (χ0n) is 6.79. The average molecular weight is 150 g/mol. The maximum Gasteiger partial charge on any atom is 0.0659 e. The van der Waals surface area contributed by atoms with Crippen LogP contribution in [0.5, 0.6) is 0 Å². The summed E-state index contributed by atoms with van der Waals surface area (Å²) in [5.41, 5.74) is 0. The maximum atomic E-state index is 8.83. The summed E-state index contributed by atoms with van der Waals surface area (Å²) in [7, 11) is 0. The van der Waals surface area contributed by atoms with Crippen molar-refractivity contribution in [2.75, 3.05) is 19.6 Å². The molecule has 2 rings (SSSR count). The van der Waals surface area contributed by atoms with Crippen molar-refractivity contribution < 1.29 is 0 Å². The van der Waals surface area contributed by atoms with Gasteiger partial charge < -0.3 is 4.90 Å². The molecule has 2 heterocycles. The zero-order chi connectivity index (χ0) is 7.68. The van der Waals surface area contributed by atoms with Gasteiger partial charge in [-0.2, -0.15) is 5.26 Å². The SMILES string of the molecule is N#CC1CCN2CCCC1C2. The number of nitrogens with zero attached hydrogens (tertiary/aromatic N) is 2. The second-order valence-electron chi connectivity index (χ2n) is 3.73. The first-order valence-electron chi connectivity index (χ1n) is 4.52. The van der Waals surface area contributed by atoms with Gasteiger partial charge in [-0.25, -0.2) is 0 Å². The van der Waals surface area contributed by atoms with Gasteiger partial charge in [-0.1, -0.05) is 0 Å². The van der Waals surface area contributed by atoms with Crippen LogP contribution in [-0.2, 0) is 0 Å². The first-order valence-corrected chi connectivity index (χ1v) is 4.52. The molecule has 2 heteroatoms. The minimum absolute atomic E-state index is 0.367. The van der Waals surface area contributed by atoms with E-state index in [1.54, 1.807) is 0 Å². The summed E-state index contributed by atoms with van der Waals surface area (Å²) < 4.78 is 0. The normalized spacial score (nSPS) is 43.0. The Hall–Kier alpha value is -0.550. The molecule has 2 aliphatic heterocycles. The Labute approximate surface area is 67.8 Å². The van der Waals surface area contributed by atoms with E-state index in [1.165, 1.54) is 25.9 Å². The second-order valence-corrected chi connectivity index (χ2v) is 3.73. The molecule has 0 radical (unpaired) electrons. The lowest BCUT2D eigenvalue weighted by Gasteiger charge is -2.39. The molecule has 0 spiro atoms. The van der Waals surface area contributed by atoms with E-state index in [-0.39, 0.29) is 0 Å². The third kappa shape index (κ3) is 1.25. The van der Waals surface area contributed by atoms with Crippen molar-refractivity contribution in [3.63, 3.8) is 0 Å². The fourth-order valence-electron chi connectivity index (χ4n) is 2.35. The largest absolute Gasteiger partial charge is 0.303 e. The summed E-state index contributed by atoms with van der Waals surface area (Å²) in [6.07, 6.45) is 3.71. The Kier molecular flexibility index (Phi) is 1.83. The van der Waals surface area contributed by atoms with E-state index in [4.69, 9.17) is 5.26 Å². The van der Waals surface area contributed by atoms with Crippen LogP contribution in [-0.4, -0.2) is 24.5 Å². The molecule has 3 atom stereocenters. The molecule has 2 bridgehead atoms. The molecule has 0 N–H and O–H groups in total. The van der Waals surface area contributed by atoms with Crippen molar-refractivity contribution in [2.24, 2.45) is 11.8 Å². The third-order valence-electron chi connectivity index (χ3n) is 3.03. The van der Waals surface area contributed by atoms with Crippen LogP contribution in [0.25, 0.3) is 0 Å². The molecule has 60 valence electrons. The average Bonchev–Trinajstić information content (AvgIpc) is 2.06. The molecule has 2 fully saturated rings. The van der Waals surface area contributed by atoms with Crippen molar-refractivity contribution in [1.29, 1.82) is 5.26 Å². The van der Waals surface area contributed by atoms with Crippen molar-refractivity contribution in [1.82, 2.24) is 4.90 Å². The molecule has 2 nitrogen and oxygen atoms in total. The molecule has 0 aromatic heterocycles. The lowest BCUT2D eigenvalue weighted by molar-refractivity contribution is 0.0964. The monoisotopic (exact) mass is 150 g/mol. The van der Waals surface area contributed by atoms with Gasteiger partial charge in [0.25, 0.3) is 0 Å². The molecular formula is C9H14N2. The van der Waals surface area contributed by atoms with Gasteiger partial charge in [-0.15, -0.1) is 0 Å². The summed E-state index contributed by atoms with van der Waals surface area (Å²) in [6.45, 7) is 3.63. The lowest BCUT2D eigenvalue weighted by atomic mass is 9.81. The topological polar surface area (TPSA) is 27.0 Å². The number of hydrogen-bond donors (Lipinski definition) is 0. The van der Waals surface area contributed by atoms with E-state index in [1.807, 2.05) is 0 Å². The molecule has 11 heavy (non-hydrogen) atoms. The van der Waals surface area contributed by atoms with Crippen LogP contribution < -0.4 is 0 Å². The zero-order valence-corrected chi connectivity index (χ0v) is 6.79. The number of fused-ring (bicyclic) bond motifs is 2. The van der Waals surface area contributed by atoms with Crippen LogP contribution >= 0.6 is 0 Å². The van der Waals surface area contributed by atoms with E-state index < -0.39 is 0 Å². The quantitative estimate of drug-likeness (QED) is 0.519. The Morgan fingerprint density at radius 1 is 1.27 bits per heavy atom. The van der Waals surface area contributed by atoms with Crippen molar-refractivity contribution in [2.45, 2.75) is 19.3 Å². The van der Waals surface area contributed by atoms with Crippen LogP contribution in [0.4, 0.5) is 0 Å². The number of nitriles is 1. The summed E-state index contributed by atoms with van der Waals surface area (Å²) in [5.74, 6) is 1.06. The standard InChI is InChI=1S/C9H14N2/c10-6-8-3-5-11-4-1-2-9(8)7-11/h8-9H,1-5,7H2. The lowest BCUT2D eigenvalue weighted by Crippen LogP contribution is -2.44. The molecule has 0 saturated carbocycles. The minimum atomic E-state index is 0.367. The van der Waals surface area contributed by atoms with Gasteiger partial charge >= 0.3 is 0 Å². The van der Waals surface area contributed by atoms with Gasteiger partial charge in [0.05, 0.1) is 12.0 Å². The van der Waals surface area contributed by atoms with Gasteiger partial charge in [0.1, 0.15) is 0 Å². The molecule has 0 aromatic carbocycles. The molecule has 3 unspecified atom stereocenters. The predicted octanol–water partition coefficient (Wildman–Crippen LogP) is 1.24. The highest BCUT2D eigenvalue weighted by Gasteiger charge is 2.31. The highest BCUT2D eigenvalue weighted by atomic mass is 15.1. The van der Waals surface area contributed by atoms with E-state index in [2.05, 4.69) is 11.0 Å². The Morgan fingerprint density at radius 2 is 2.18 bits per heavy atom. The third-order valence-corrected chi connectivity index (χ3v) is 3.03. The van der Waals surface area contributed by atoms with Gasteiger partial charge in [0.15, 0.2) is 0 Å². The van der Waals surface area contributed by atoms with Crippen LogP contribution in [0, 0.1) is 23.2 Å². The highest BCUT2D eigenvalue weighted by Crippen LogP contribution is 2.30. The highest BCUT2D eigenvalue weighted by molar-refractivity contribution is 4.95. The van der Waals surface area contributed by atoms with Crippen molar-refractivity contribution >= 4 is 0 Å². The number of piperidine rings is 2. The maximum absolute atomic E-state index is 8.83. The van der Waals surface area contributed by atoms with Crippen molar-refractivity contribution in [3.05, 3.63) is 0 Å². The first-order chi connectivity index (χ1) is 5.40. The van der Waals surface area contributed by atoms with Crippen LogP contribution in [0.1, 0.15) is 19.3 Å². The summed E-state index contributed by atoms with van der Waals surface area (Å²) in [5, 5.41) is 8.83. The summed E-state index contributed by atoms with van der Waals surface area (Å²) in [6, 6.07) is 2.43. The smallest absolute Gasteiger partial charge is 0.0659 e. The van der Waals surface area contributed by atoms with E-state index in [0.29, 0.717) is 11.8 Å². The Bertz CT molecular complexity index is 182. The second kappa shape index (κ2) is 2.83. The van der Waals surface area contributed by atoms with Gasteiger partial charge in [0.2, 0.25) is 0 Å². The fourth-order valence-corrected chi connectivity index (χ4v) is 2.35. The molecular weight excluding hydrogens is 136 g/mol. The fraction of sp³-hybridized carbons (Fsp3) is 0.889. The Balaban J connectivity index is 2.04. The van der Waals surface area contributed by atoms with E-state index >= 15 is 0 Å². The Morgan fingerprint density at radius 3 is 3.00 bits per heavy atom. The predicted molar refractivity (Wildman–Crippen MR) is 42.9 cm³/mol. The van der Waals surface area contributed by atoms with E-state index in [0.717, 1.165) is 13.0 Å². The summed E-state index contributed by atoms with van der Waals surface area (Å²) in [4.78, 5) is 2.50. The van der Waals surface area contributed by atoms with Crippen LogP contribution in [0.2, 0.25) is 0 Å². The van der Waals surface area contributed by atoms with Gasteiger partial charge in [-0.05, 0) is 38.3 Å². The van der Waals surface area contributed by atoms with E-state index in [9.17, 15) is 0 Å². The molecule has 2 aliphatic rings. The summed E-state index contributed by atoms with van der Waals surface area (Å²) >= 11 is 0. The molecule has 0 aromatic rings. The molecule has 0 amide bonds. The van der Waals surface area contributed by atoms with Crippen LogP contribution in [0.3, 0.4) is 0 Å². The van der Waals surface area contributed by atoms with Gasteiger partial charge in [-0.3, -0.25) is 0 Å². The molecule has 0 aliphatic carbocycles. The number of hydrogen-bond acceptors (Lipinski definition) is 2. The number of rotatable bonds is 0. The first kappa shape index (κ1) is 7.12. The van der Waals surface area contributed by atoms with Crippen molar-refractivity contribution in [3.8, 4) is 6.07 Å². The molecule has 2 saturated heterocycles. The minimum Gasteiger partial charge on any atom is -0.303 e. The van der Waals surface area contributed by atoms with Gasteiger partial charge in [0, 0.05) is 6.54 Å².